The van der Waals surface area contributed by atoms with Gasteiger partial charge >= 0.3 is 61.3 Å². The molecular formula is C89H105Cl3F9ILiN9O14. The van der Waals surface area contributed by atoms with Crippen molar-refractivity contribution < 1.29 is 126 Å². The SMILES string of the molecule is CC(=O)C1CCc2c(I)nn(C(=O)c3c(Cl)cccc3C3(C(F)(F)F)CC3)c2C1.CC(=O)C1CCc2c(N3CCC(C(=O)OC(C)(C)C)CC3)nn(C(=O)c3c(Cl)cccc3C3(C(F)(F)F)CC3)c2C1.CC(C)(C)OC(=O)C1CCN(c2nn(C(=O)c3c(Cl)cccc3C3(C(F)(F)F)CC3)c3c2CCC(C(=O)O)C3)CC1.CC(C)(C)OC(=O)C1CCNCC1.[Li+].[OH-]. The van der Waals surface area contributed by atoms with E-state index in [-0.39, 0.29) is 189 Å². The summed E-state index contributed by atoms with van der Waals surface area (Å²) in [4.78, 5) is 118. The van der Waals surface area contributed by atoms with Crippen LogP contribution in [0.25, 0.3) is 0 Å². The van der Waals surface area contributed by atoms with Crippen molar-refractivity contribution in [2.24, 2.45) is 35.5 Å². The van der Waals surface area contributed by atoms with Gasteiger partial charge in [0, 0.05) is 61.1 Å². The molecule has 682 valence electrons. The molecule has 0 amide bonds. The maximum atomic E-state index is 14.1. The number of fused-ring (bicyclic) bond motifs is 3. The van der Waals surface area contributed by atoms with E-state index in [9.17, 15) is 87.8 Å². The van der Waals surface area contributed by atoms with Crippen molar-refractivity contribution in [3.8, 4) is 0 Å². The van der Waals surface area contributed by atoms with Gasteiger partial charge in [0.25, 0.3) is 17.7 Å². The molecule has 6 heterocycles. The first-order valence-corrected chi connectivity index (χ1v) is 44.3. The normalized spacial score (nSPS) is 20.3. The number of carboxylic acid groups (broad SMARTS) is 1. The number of anilines is 2. The standard InChI is InChI=1S/C30H35ClF3N3O4.C29H33ClF3N3O5.C20H17ClF3IN2O2.C10H19NO2.Li.H2O/c1-17(38)19-8-9-20-23(16-19)37(35-25(20)36-14-10-18(11-15-36)27(40)41-28(2,3)4)26(39)24-21(6-5-7-22(24)31)29(12-13-29)30(32,33)34;1-27(2,3)41-26(40)16-9-13-35(14-10-16)23-18-8-7-17(25(38)39)15-21(18)36(34-23)24(37)22-19(5-4-6-20(22)30)28(11-12-28)29(31,32)33;1-10(28)11-5-6-12-15(9-11)27(26-17(12)25)18(29)16-13(3-2-4-14(16)21)19(7-8-19)20(22,23)24;1-10(2,3)13-9(12)8-4-6-11-7-5-8;;/h5-7,18-19H,8-16H2,1-4H3;4-6,16-17H,7-15H2,1-3H3,(H,38,39);2-4,11H,5-9H2,1H3;8,11H,4-7H2,1-3H3;;1H2/q;;;;+1;/p-1. The predicted molar refractivity (Wildman–Crippen MR) is 454 cm³/mol. The van der Waals surface area contributed by atoms with Gasteiger partial charge in [0.1, 0.15) is 32.1 Å². The molecule has 9 aliphatic rings. The number of hydrogen-bond acceptors (Lipinski definition) is 19. The van der Waals surface area contributed by atoms with Gasteiger partial charge in [-0.05, 0) is 275 Å². The van der Waals surface area contributed by atoms with Crippen molar-refractivity contribution >= 4 is 122 Å². The molecule has 3 saturated carbocycles. The van der Waals surface area contributed by atoms with Gasteiger partial charge in [0.15, 0.2) is 11.6 Å². The zero-order valence-electron chi connectivity index (χ0n) is 72.5. The van der Waals surface area contributed by atoms with E-state index in [4.69, 9.17) is 49.0 Å². The Morgan fingerprint density at radius 1 is 0.429 bits per heavy atom. The van der Waals surface area contributed by atoms with Crippen LogP contribution in [0.3, 0.4) is 0 Å². The van der Waals surface area contributed by atoms with Gasteiger partial charge in [-0.15, -0.1) is 10.2 Å². The Kier molecular flexibility index (Phi) is 30.8. The van der Waals surface area contributed by atoms with Gasteiger partial charge in [0.05, 0.1) is 88.8 Å². The number of alkyl halides is 9. The van der Waals surface area contributed by atoms with E-state index in [2.05, 4.69) is 20.6 Å². The second-order valence-electron chi connectivity index (χ2n) is 37.1. The number of benzene rings is 3. The Hall–Kier alpha value is -7.39. The monoisotopic (exact) mass is 1930 g/mol. The summed E-state index contributed by atoms with van der Waals surface area (Å²) >= 11 is 21.1. The number of nitrogens with zero attached hydrogens (tertiary/aromatic N) is 8. The summed E-state index contributed by atoms with van der Waals surface area (Å²) in [6.07, 6.45) is -6.59. The van der Waals surface area contributed by atoms with Crippen LogP contribution in [-0.2, 0) is 97.7 Å². The number of carboxylic acids is 1. The van der Waals surface area contributed by atoms with E-state index in [1.54, 1.807) is 0 Å². The Labute approximate surface area is 765 Å². The minimum absolute atomic E-state index is 0. The van der Waals surface area contributed by atoms with E-state index >= 15 is 0 Å². The second kappa shape index (κ2) is 38.6. The number of ether oxygens (including phenoxy) is 3. The van der Waals surface area contributed by atoms with Crippen LogP contribution >= 0.6 is 57.4 Å². The molecule has 3 atom stereocenters. The predicted octanol–water partition coefficient (Wildman–Crippen LogP) is 14.9. The van der Waals surface area contributed by atoms with Crippen LogP contribution in [0.2, 0.25) is 15.1 Å². The Morgan fingerprint density at radius 3 is 0.992 bits per heavy atom. The number of halogens is 13. The van der Waals surface area contributed by atoms with Gasteiger partial charge in [0.2, 0.25) is 0 Å². The summed E-state index contributed by atoms with van der Waals surface area (Å²) in [6, 6.07) is 12.4. The third-order valence-corrected chi connectivity index (χ3v) is 26.9. The van der Waals surface area contributed by atoms with Crippen LogP contribution in [0.1, 0.15) is 254 Å². The van der Waals surface area contributed by atoms with Crippen LogP contribution in [0.4, 0.5) is 51.1 Å². The summed E-state index contributed by atoms with van der Waals surface area (Å²) in [7, 11) is 0. The molecule has 3 aliphatic heterocycles. The molecule has 126 heavy (non-hydrogen) atoms. The van der Waals surface area contributed by atoms with Gasteiger partial charge < -0.3 is 39.9 Å². The van der Waals surface area contributed by atoms with Crippen LogP contribution in [0.5, 0.6) is 0 Å². The van der Waals surface area contributed by atoms with Gasteiger partial charge in [-0.25, -0.2) is 0 Å². The molecule has 0 radical (unpaired) electrons. The van der Waals surface area contributed by atoms with Crippen molar-refractivity contribution in [1.29, 1.82) is 0 Å². The minimum Gasteiger partial charge on any atom is -0.870 e. The molecule has 3 saturated heterocycles. The fourth-order valence-electron chi connectivity index (χ4n) is 17.8. The number of piperidine rings is 3. The largest absolute Gasteiger partial charge is 1.00 e. The molecular weight excluding hydrogens is 1830 g/mol. The number of carbonyl (C=O) groups excluding carboxylic acids is 8. The average Bonchev–Trinajstić information content (AvgIpc) is 1.56. The van der Waals surface area contributed by atoms with E-state index in [1.807, 2.05) is 94.7 Å². The number of esters is 3. The van der Waals surface area contributed by atoms with Gasteiger partial charge in [-0.3, -0.25) is 43.2 Å². The van der Waals surface area contributed by atoms with Crippen molar-refractivity contribution in [1.82, 2.24) is 34.7 Å². The first-order valence-electron chi connectivity index (χ1n) is 42.1. The first kappa shape index (κ1) is 101. The van der Waals surface area contributed by atoms with Crippen LogP contribution < -0.4 is 34.0 Å². The zero-order chi connectivity index (χ0) is 90.8. The zero-order valence-corrected chi connectivity index (χ0v) is 77.0. The average molecular weight is 1940 g/mol. The van der Waals surface area contributed by atoms with E-state index in [0.717, 1.165) is 46.4 Å². The number of rotatable bonds is 14. The quantitative estimate of drug-likeness (QED) is 0.0336. The smallest absolute Gasteiger partial charge is 0.870 e. The fraction of sp³-hybridized carbons (Fsp3) is 0.596. The second-order valence-corrected chi connectivity index (χ2v) is 39.4. The summed E-state index contributed by atoms with van der Waals surface area (Å²) < 4.78 is 147. The van der Waals surface area contributed by atoms with E-state index in [0.29, 0.717) is 135 Å². The Balaban J connectivity index is 0.000000185. The molecule has 15 rings (SSSR count). The number of aromatic nitrogens is 6. The molecule has 37 heteroatoms. The number of carbonyl (C=O) groups is 9. The van der Waals surface area contributed by atoms with Crippen molar-refractivity contribution in [2.45, 2.75) is 263 Å². The summed E-state index contributed by atoms with van der Waals surface area (Å²) in [6.45, 7) is 23.5. The first-order chi connectivity index (χ1) is 57.8. The number of ketones is 2. The molecule has 0 bridgehead atoms. The van der Waals surface area contributed by atoms with E-state index < -0.39 is 75.6 Å². The molecule has 23 nitrogen and oxygen atoms in total. The number of Topliss-reactive ketones (excluding diaryl/α,β-unsaturated/α-hetero) is 2. The Bertz CT molecular complexity index is 4920. The molecule has 0 spiro atoms. The van der Waals surface area contributed by atoms with Crippen LogP contribution in [0, 0.1) is 39.2 Å². The van der Waals surface area contributed by atoms with Crippen LogP contribution in [-0.4, -0.2) is 168 Å². The topological polar surface area (TPSA) is 304 Å². The van der Waals surface area contributed by atoms with Crippen molar-refractivity contribution in [3.63, 3.8) is 0 Å². The summed E-state index contributed by atoms with van der Waals surface area (Å²) in [5.41, 5.74) is -4.95. The third-order valence-electron chi connectivity index (χ3n) is 25.1. The molecule has 6 aromatic rings. The van der Waals surface area contributed by atoms with E-state index in [1.165, 1.54) is 73.1 Å². The number of hydrogen-bond donors (Lipinski definition) is 2. The minimum atomic E-state index is -4.56. The van der Waals surface area contributed by atoms with Crippen molar-refractivity contribution in [3.05, 3.63) is 141 Å². The molecule has 6 aliphatic carbocycles. The fourth-order valence-corrected chi connectivity index (χ4v) is 19.3. The molecule has 3 aromatic heterocycles. The summed E-state index contributed by atoms with van der Waals surface area (Å²) in [5, 5.41) is 26.3. The summed E-state index contributed by atoms with van der Waals surface area (Å²) in [5.74, 6) is -4.41. The third kappa shape index (κ3) is 21.6. The molecule has 6 fully saturated rings. The number of aliphatic carboxylic acids is 1. The maximum Gasteiger partial charge on any atom is 1.00 e. The Morgan fingerprint density at radius 2 is 0.706 bits per heavy atom. The van der Waals surface area contributed by atoms with Gasteiger partial charge in [-0.1, -0.05) is 71.2 Å². The number of nitrogens with one attached hydrogen (secondary N) is 1. The molecule has 3 unspecified atom stereocenters. The maximum absolute atomic E-state index is 14.1. The van der Waals surface area contributed by atoms with Gasteiger partial charge in [-0.2, -0.15) is 58.7 Å². The van der Waals surface area contributed by atoms with Crippen molar-refractivity contribution in [2.75, 3.05) is 49.1 Å². The molecule has 3 aromatic carbocycles. The van der Waals surface area contributed by atoms with Crippen LogP contribution in [0.15, 0.2) is 54.6 Å². The molecule has 3 N–H and O–H groups in total.